The van der Waals surface area contributed by atoms with E-state index in [1.165, 1.54) is 69.5 Å². The van der Waals surface area contributed by atoms with Crippen LogP contribution in [0.3, 0.4) is 0 Å². The second-order valence-electron chi connectivity index (χ2n) is 31.9. The summed E-state index contributed by atoms with van der Waals surface area (Å²) >= 11 is 31.3. The molecular formula is C69H72F3N27O30P6S6. The van der Waals surface area contributed by atoms with Crippen molar-refractivity contribution in [3.63, 3.8) is 0 Å². The fourth-order valence-corrected chi connectivity index (χ4v) is 25.2. The van der Waals surface area contributed by atoms with Crippen molar-refractivity contribution in [2.24, 2.45) is 0 Å². The highest BCUT2D eigenvalue weighted by molar-refractivity contribution is 8.08. The molecule has 9 fully saturated rings. The summed E-state index contributed by atoms with van der Waals surface area (Å²) in [4.78, 5) is 160. The number of hydrogen-bond donors (Lipinski definition) is 18. The van der Waals surface area contributed by atoms with Crippen LogP contribution in [0.5, 0.6) is 0 Å². The molecule has 0 aliphatic carbocycles. The van der Waals surface area contributed by atoms with Gasteiger partial charge in [-0.1, -0.05) is 17.8 Å². The third-order valence-electron chi connectivity index (χ3n) is 23.2. The van der Waals surface area contributed by atoms with Gasteiger partial charge in [0.05, 0.1) is 94.7 Å². The Bertz CT molecular complexity index is 6980. The molecular weight excluding hydrogens is 2120 g/mol. The van der Waals surface area contributed by atoms with Crippen molar-refractivity contribution in [3.05, 3.63) is 106 Å². The third kappa shape index (κ3) is 18.6. The average Bonchev–Trinajstić information content (AvgIpc) is 1.58. The highest BCUT2D eigenvalue weighted by Gasteiger charge is 2.64. The number of aliphatic hydroxyl groups is 3. The molecule has 141 heavy (non-hydrogen) atoms. The lowest BCUT2D eigenvalue weighted by molar-refractivity contribution is -0.0912. The number of aromatic amines is 3. The molecule has 21 rings (SSSR count). The lowest BCUT2D eigenvalue weighted by Crippen LogP contribution is -2.47. The number of nitrogens with one attached hydrogen (secondary N) is 3. The van der Waals surface area contributed by atoms with Crippen molar-refractivity contribution >= 4 is 213 Å². The van der Waals surface area contributed by atoms with Gasteiger partial charge in [0.1, 0.15) is 89.8 Å². The molecule has 21 heterocycles. The van der Waals surface area contributed by atoms with Crippen molar-refractivity contribution in [2.45, 2.75) is 146 Å². The van der Waals surface area contributed by atoms with Crippen LogP contribution in [-0.4, -0.2) is 295 Å². The number of H-pyrrole nitrogens is 3. The Morgan fingerprint density at radius 2 is 0.596 bits per heavy atom. The first-order valence-corrected chi connectivity index (χ1v) is 55.9. The van der Waals surface area contributed by atoms with Gasteiger partial charge in [-0.3, -0.25) is 83.9 Å². The van der Waals surface area contributed by atoms with Gasteiger partial charge in [-0.05, 0) is 89.0 Å². The third-order valence-corrected chi connectivity index (χ3v) is 32.5. The molecule has 30 atom stereocenters. The van der Waals surface area contributed by atoms with Gasteiger partial charge >= 0.3 is 40.3 Å². The van der Waals surface area contributed by atoms with Gasteiger partial charge in [0, 0.05) is 18.6 Å². The van der Waals surface area contributed by atoms with Gasteiger partial charge in [0.15, 0.2) is 123 Å². The molecule has 9 aliphatic heterocycles. The zero-order valence-corrected chi connectivity index (χ0v) is 80.7. The Balaban J connectivity index is 0.000000134. The monoisotopic (exact) mass is 2190 g/mol. The number of rotatable bonds is 6. The van der Waals surface area contributed by atoms with Gasteiger partial charge in [0.25, 0.3) is 16.7 Å². The van der Waals surface area contributed by atoms with Crippen LogP contribution >= 0.6 is 40.3 Å². The largest absolute Gasteiger partial charge is 0.397 e. The number of aromatic nitrogens is 21. The highest BCUT2D eigenvalue weighted by atomic mass is 32.5. The van der Waals surface area contributed by atoms with E-state index in [-0.39, 0.29) is 68.3 Å². The van der Waals surface area contributed by atoms with E-state index in [0.29, 0.717) is 33.6 Å². The van der Waals surface area contributed by atoms with E-state index >= 15 is 13.2 Å². The Morgan fingerprint density at radius 1 is 0.362 bits per heavy atom. The molecule has 72 heteroatoms. The van der Waals surface area contributed by atoms with Crippen LogP contribution < -0.4 is 51.1 Å². The van der Waals surface area contributed by atoms with Crippen molar-refractivity contribution < 1.29 is 141 Å². The maximum absolute atomic E-state index is 16.0. The summed E-state index contributed by atoms with van der Waals surface area (Å²) in [5, 5.41) is 34.4. The summed E-state index contributed by atoms with van der Waals surface area (Å²) in [7, 11) is 0. The van der Waals surface area contributed by atoms with Crippen LogP contribution in [0.2, 0.25) is 0 Å². The molecule has 9 aliphatic rings. The van der Waals surface area contributed by atoms with Crippen molar-refractivity contribution in [1.82, 2.24) is 102 Å². The van der Waals surface area contributed by atoms with Crippen LogP contribution in [0.4, 0.5) is 48.1 Å². The van der Waals surface area contributed by atoms with E-state index < -0.39 is 243 Å². The van der Waals surface area contributed by atoms with E-state index in [2.05, 4.69) is 92.5 Å². The maximum atomic E-state index is 16.0. The molecule has 57 nitrogen and oxygen atoms in total. The molecule has 6 bridgehead atoms. The summed E-state index contributed by atoms with van der Waals surface area (Å²) in [6.07, 6.45) is -5.28. The summed E-state index contributed by atoms with van der Waals surface area (Å²) < 4.78 is 159. The Hall–Kier alpha value is -9.00. The molecule has 12 aromatic heterocycles. The number of nitrogens with zero attached hydrogens (tertiary/aromatic N) is 18. The Morgan fingerprint density at radius 3 is 0.844 bits per heavy atom. The summed E-state index contributed by atoms with van der Waals surface area (Å²) in [5.74, 6) is 6.24. The lowest BCUT2D eigenvalue weighted by Gasteiger charge is -2.33. The van der Waals surface area contributed by atoms with Gasteiger partial charge in [0.2, 0.25) is 17.8 Å². The number of aliphatic hydroxyl groups excluding tert-OH is 3. The minimum absolute atomic E-state index is 0.0979. The van der Waals surface area contributed by atoms with Gasteiger partial charge < -0.3 is 135 Å². The number of ether oxygens (including phenoxy) is 6. The number of pyridine rings is 3. The van der Waals surface area contributed by atoms with E-state index in [0.717, 1.165) is 32.7 Å². The van der Waals surface area contributed by atoms with Gasteiger partial charge in [-0.25, -0.2) is 58.0 Å². The molecule has 0 spiro atoms. The molecule has 0 aromatic carbocycles. The zero-order chi connectivity index (χ0) is 100. The fourth-order valence-electron chi connectivity index (χ4n) is 16.7. The van der Waals surface area contributed by atoms with Crippen LogP contribution in [0.25, 0.3) is 67.0 Å². The molecule has 6 unspecified atom stereocenters. The molecule has 9 saturated heterocycles. The summed E-state index contributed by atoms with van der Waals surface area (Å²) in [6.45, 7) is -31.1. The molecule has 12 aromatic rings. The van der Waals surface area contributed by atoms with Crippen molar-refractivity contribution in [1.29, 1.82) is 0 Å². The second kappa shape index (κ2) is 37.5. The topological polar surface area (TPSA) is 787 Å². The van der Waals surface area contributed by atoms with E-state index in [1.807, 2.05) is 0 Å². The maximum Gasteiger partial charge on any atom is 0.325 e. The van der Waals surface area contributed by atoms with Crippen LogP contribution in [0.1, 0.15) is 37.4 Å². The minimum atomic E-state index is -4.45. The smallest absolute Gasteiger partial charge is 0.325 e. The van der Waals surface area contributed by atoms with E-state index in [9.17, 15) is 59.1 Å². The second-order valence-corrected chi connectivity index (χ2v) is 48.7. The SMILES string of the molecule is C#C[C@@]12COP(O)(=S)O[C@@H]3[C@@H](F)[C@@H](COP(O)(=S)O[C@H]1[C@@H](O)[C@H](n1cnc4c(N)ccnc41)O2)O[C@H]3n1cnc2c(=O)[nH]c(N)nc21.C#C[C@@]12COP(O)(=S)O[C@@H]3[C@H](F)[C@@H](COP(O)(=S)O[C@H]1[C@@H](O)[C@H](n1cnc4c(N)ccnc41)O2)O[C@H]3n1cnc2c(=O)[nH]c(N)nc21.C#C[C@@]12COP(O)(=S)O[C@@H]3[C@H](F)[C@@H](COP(O)(=S)O[C@H]1[C@@H](O)[C@H](n1cnc4c(N)ccnc41)O2)O[C@H]3n1cnc2c(=O)[nH]c(N)nc21. The molecule has 0 radical (unpaired) electrons. The quantitative estimate of drug-likeness (QED) is 0.0660. The number of nitrogen functional groups attached to an aromatic ring is 6. The molecule has 0 amide bonds. The van der Waals surface area contributed by atoms with Crippen LogP contribution in [0, 0.1) is 37.0 Å². The lowest BCUT2D eigenvalue weighted by atomic mass is 9.97. The number of terminal acetylenes is 3. The van der Waals surface area contributed by atoms with Crippen molar-refractivity contribution in [2.75, 3.05) is 74.0 Å². The average molecular weight is 2190 g/mol. The first-order chi connectivity index (χ1) is 66.7. The normalized spacial score (nSPS) is 38.0. The summed E-state index contributed by atoms with van der Waals surface area (Å²) in [6, 6.07) is 4.58. The number of imidazole rings is 6. The zero-order valence-electron chi connectivity index (χ0n) is 70.4. The van der Waals surface area contributed by atoms with Crippen molar-refractivity contribution in [3.8, 4) is 37.0 Å². The predicted molar refractivity (Wildman–Crippen MR) is 497 cm³/mol. The van der Waals surface area contributed by atoms with Gasteiger partial charge in [-0.2, -0.15) is 15.0 Å². The number of halogens is 3. The fraction of sp³-hybridized carbons (Fsp3) is 0.435. The number of alkyl halides is 3. The number of anilines is 6. The van der Waals surface area contributed by atoms with Gasteiger partial charge in [-0.15, -0.1) is 19.3 Å². The minimum Gasteiger partial charge on any atom is -0.397 e. The Labute approximate surface area is 813 Å². The number of hydrogen-bond acceptors (Lipinski definition) is 48. The number of nitrogens with two attached hydrogens (primary N) is 6. The highest BCUT2D eigenvalue weighted by Crippen LogP contribution is 2.62. The molecule has 24 N–H and O–H groups in total. The van der Waals surface area contributed by atoms with E-state index in [4.69, 9.17) is 207 Å². The first-order valence-electron chi connectivity index (χ1n) is 40.4. The predicted octanol–water partition coefficient (Wildman–Crippen LogP) is -1.57. The van der Waals surface area contributed by atoms with E-state index in [1.54, 1.807) is 0 Å². The summed E-state index contributed by atoms with van der Waals surface area (Å²) in [5.41, 5.74) is 28.4. The van der Waals surface area contributed by atoms with Crippen LogP contribution in [-0.2, 0) is 154 Å². The molecule has 750 valence electrons. The van der Waals surface area contributed by atoms with Crippen LogP contribution in [0.15, 0.2) is 89.1 Å². The standard InChI is InChI=1S/3C23H24FN9O10P2S2/c3*1-2-23-6-39-45(37,47)42-15-11(24)10(40-21(15)33-8-29-13-18(33)30-22(26)31-19(13)35)5-38-44(36,46)43-16(23)14(34)20(41-23)32-7-28-12-9(25)3-4-27-17(12)32/h3*1,3-4,7-8,10-11,14-16,20-21,34H,5-6H2,(H2,25,27)(H,36,46)(H,37,47)(H3,26,30,31,35)/t10-,11+,14-,15-,16+,20-,21-,23-,44?,45?;2*10-,11-,14-,15-,16+,20-,21-,23-,44?,45?/m111/s1. The first kappa shape index (κ1) is 101. The Kier molecular flexibility index (Phi) is 26.8. The molecule has 0 saturated carbocycles. The number of fused-ring (bicyclic) bond motifs is 15.